The number of anilines is 1. The Morgan fingerprint density at radius 2 is 1.88 bits per heavy atom. The highest BCUT2D eigenvalue weighted by Crippen LogP contribution is 2.24. The number of fused-ring (bicyclic) bond motifs is 1. The molecule has 5 nitrogen and oxygen atoms in total. The number of nitrogens with zero attached hydrogens (tertiary/aromatic N) is 1. The van der Waals surface area contributed by atoms with E-state index in [-0.39, 0.29) is 29.9 Å². The zero-order chi connectivity index (χ0) is 16.9. The molecule has 0 spiro atoms. The van der Waals surface area contributed by atoms with E-state index in [0.29, 0.717) is 18.1 Å². The van der Waals surface area contributed by atoms with Gasteiger partial charge in [-0.1, -0.05) is 18.2 Å². The number of carbonyl (C=O) groups excluding carboxylic acids is 1. The molecular formula is C19H22IN3O2. The van der Waals surface area contributed by atoms with Gasteiger partial charge in [0.1, 0.15) is 0 Å². The molecule has 0 unspecified atom stereocenters. The number of aliphatic imine (C=N–C) groups is 1. The van der Waals surface area contributed by atoms with Crippen LogP contribution in [0.2, 0.25) is 0 Å². The van der Waals surface area contributed by atoms with Crippen molar-refractivity contribution in [1.82, 2.24) is 0 Å². The molecule has 0 aromatic heterocycles. The number of benzene rings is 2. The molecule has 2 aromatic rings. The van der Waals surface area contributed by atoms with Gasteiger partial charge in [0, 0.05) is 5.69 Å². The molecule has 0 aliphatic heterocycles. The molecule has 1 aliphatic carbocycles. The number of halogens is 1. The first kappa shape index (κ1) is 19.2. The van der Waals surface area contributed by atoms with Gasteiger partial charge in [-0.3, -0.25) is 0 Å². The van der Waals surface area contributed by atoms with Crippen LogP contribution < -0.4 is 11.1 Å². The number of rotatable bonds is 4. The maximum atomic E-state index is 11.4. The summed E-state index contributed by atoms with van der Waals surface area (Å²) in [5.41, 5.74) is 11.3. The lowest BCUT2D eigenvalue weighted by atomic mass is 10.1. The maximum absolute atomic E-state index is 11.4. The van der Waals surface area contributed by atoms with Crippen molar-refractivity contribution in [2.24, 2.45) is 10.7 Å². The quantitative estimate of drug-likeness (QED) is 0.323. The number of carbonyl (C=O) groups is 1. The van der Waals surface area contributed by atoms with Crippen molar-refractivity contribution in [2.75, 3.05) is 12.4 Å². The smallest absolute Gasteiger partial charge is 0.337 e. The van der Waals surface area contributed by atoms with Crippen molar-refractivity contribution < 1.29 is 9.53 Å². The molecule has 3 rings (SSSR count). The van der Waals surface area contributed by atoms with Crippen molar-refractivity contribution in [3.8, 4) is 0 Å². The Balaban J connectivity index is 0.00000225. The summed E-state index contributed by atoms with van der Waals surface area (Å²) in [6.07, 6.45) is 3.53. The predicted octanol–water partition coefficient (Wildman–Crippen LogP) is 3.51. The third kappa shape index (κ3) is 4.94. The number of hydrogen-bond donors (Lipinski definition) is 2. The van der Waals surface area contributed by atoms with Crippen LogP contribution in [0.5, 0.6) is 0 Å². The van der Waals surface area contributed by atoms with Gasteiger partial charge < -0.3 is 15.8 Å². The Morgan fingerprint density at radius 1 is 1.16 bits per heavy atom. The zero-order valence-corrected chi connectivity index (χ0v) is 16.4. The van der Waals surface area contributed by atoms with Crippen LogP contribution in [0.25, 0.3) is 0 Å². The van der Waals surface area contributed by atoms with Crippen LogP contribution in [0.1, 0.15) is 33.5 Å². The van der Waals surface area contributed by atoms with Gasteiger partial charge in [-0.25, -0.2) is 9.79 Å². The van der Waals surface area contributed by atoms with Crippen molar-refractivity contribution in [2.45, 2.75) is 25.8 Å². The number of nitrogens with one attached hydrogen (secondary N) is 1. The first-order valence-electron chi connectivity index (χ1n) is 8.02. The monoisotopic (exact) mass is 451 g/mol. The minimum absolute atomic E-state index is 0. The van der Waals surface area contributed by atoms with Crippen LogP contribution in [0, 0.1) is 0 Å². The Labute approximate surface area is 164 Å². The van der Waals surface area contributed by atoms with Gasteiger partial charge in [0.15, 0.2) is 5.96 Å². The molecule has 132 valence electrons. The second-order valence-corrected chi connectivity index (χ2v) is 5.85. The number of nitrogens with two attached hydrogens (primary N) is 1. The normalized spacial score (nSPS) is 12.9. The van der Waals surface area contributed by atoms with Crippen LogP contribution in [0.15, 0.2) is 47.5 Å². The highest BCUT2D eigenvalue weighted by molar-refractivity contribution is 14.0. The Bertz CT molecular complexity index is 773. The summed E-state index contributed by atoms with van der Waals surface area (Å²) in [6.45, 7) is 0.450. The summed E-state index contributed by atoms with van der Waals surface area (Å²) in [6, 6.07) is 13.5. The first-order chi connectivity index (χ1) is 11.7. The summed E-state index contributed by atoms with van der Waals surface area (Å²) in [5, 5.41) is 3.13. The molecule has 0 bridgehead atoms. The van der Waals surface area contributed by atoms with Crippen LogP contribution in [-0.2, 0) is 24.1 Å². The van der Waals surface area contributed by atoms with E-state index in [9.17, 15) is 4.79 Å². The van der Waals surface area contributed by atoms with E-state index in [1.165, 1.54) is 31.1 Å². The lowest BCUT2D eigenvalue weighted by Gasteiger charge is -2.08. The van der Waals surface area contributed by atoms with Crippen molar-refractivity contribution in [1.29, 1.82) is 0 Å². The van der Waals surface area contributed by atoms with Crippen LogP contribution >= 0.6 is 24.0 Å². The fourth-order valence-corrected chi connectivity index (χ4v) is 2.88. The average molecular weight is 451 g/mol. The zero-order valence-electron chi connectivity index (χ0n) is 14.1. The summed E-state index contributed by atoms with van der Waals surface area (Å²) < 4.78 is 4.68. The second-order valence-electron chi connectivity index (χ2n) is 5.85. The predicted molar refractivity (Wildman–Crippen MR) is 111 cm³/mol. The summed E-state index contributed by atoms with van der Waals surface area (Å²) in [4.78, 5) is 15.7. The Kier molecular flexibility index (Phi) is 6.81. The van der Waals surface area contributed by atoms with E-state index >= 15 is 0 Å². The molecule has 0 amide bonds. The topological polar surface area (TPSA) is 76.7 Å². The maximum Gasteiger partial charge on any atom is 0.337 e. The highest BCUT2D eigenvalue weighted by atomic mass is 127. The number of ether oxygens (including phenoxy) is 1. The lowest BCUT2D eigenvalue weighted by Crippen LogP contribution is -2.22. The summed E-state index contributed by atoms with van der Waals surface area (Å²) >= 11 is 0. The molecule has 0 fully saturated rings. The van der Waals surface area contributed by atoms with E-state index in [1.807, 2.05) is 18.2 Å². The number of guanidine groups is 1. The van der Waals surface area contributed by atoms with Gasteiger partial charge in [-0.15, -0.1) is 24.0 Å². The minimum Gasteiger partial charge on any atom is -0.465 e. The van der Waals surface area contributed by atoms with E-state index in [1.54, 1.807) is 12.1 Å². The van der Waals surface area contributed by atoms with Gasteiger partial charge in [0.05, 0.1) is 19.2 Å². The van der Waals surface area contributed by atoms with Crippen molar-refractivity contribution in [3.05, 3.63) is 64.7 Å². The van der Waals surface area contributed by atoms with Gasteiger partial charge in [0.2, 0.25) is 0 Å². The minimum atomic E-state index is -0.345. The van der Waals surface area contributed by atoms with Gasteiger partial charge in [-0.2, -0.15) is 0 Å². The van der Waals surface area contributed by atoms with E-state index in [0.717, 1.165) is 17.7 Å². The van der Waals surface area contributed by atoms with Gasteiger partial charge in [0.25, 0.3) is 0 Å². The number of aryl methyl sites for hydroxylation is 2. The molecule has 6 heteroatoms. The molecule has 0 heterocycles. The SMILES string of the molecule is COC(=O)c1ccc(CN=C(N)Nc2ccc3c(c2)CCC3)cc1.I. The van der Waals surface area contributed by atoms with Crippen LogP contribution in [-0.4, -0.2) is 19.0 Å². The molecule has 0 atom stereocenters. The van der Waals surface area contributed by atoms with Crippen LogP contribution in [0.3, 0.4) is 0 Å². The van der Waals surface area contributed by atoms with E-state index in [4.69, 9.17) is 5.73 Å². The third-order valence-electron chi connectivity index (χ3n) is 4.18. The Morgan fingerprint density at radius 3 is 2.60 bits per heavy atom. The Hall–Kier alpha value is -2.09. The number of methoxy groups -OCH3 is 1. The van der Waals surface area contributed by atoms with Crippen LogP contribution in [0.4, 0.5) is 5.69 Å². The van der Waals surface area contributed by atoms with E-state index < -0.39 is 0 Å². The molecular weight excluding hydrogens is 429 g/mol. The molecule has 1 aliphatic rings. The van der Waals surface area contributed by atoms with Crippen molar-refractivity contribution in [3.63, 3.8) is 0 Å². The fourth-order valence-electron chi connectivity index (χ4n) is 2.88. The molecule has 0 saturated carbocycles. The second kappa shape index (κ2) is 8.84. The molecule has 2 aromatic carbocycles. The summed E-state index contributed by atoms with van der Waals surface area (Å²) in [7, 11) is 1.37. The lowest BCUT2D eigenvalue weighted by molar-refractivity contribution is 0.0600. The largest absolute Gasteiger partial charge is 0.465 e. The fraction of sp³-hybridized carbons (Fsp3) is 0.263. The number of hydrogen-bond acceptors (Lipinski definition) is 3. The molecule has 0 radical (unpaired) electrons. The number of esters is 1. The van der Waals surface area contributed by atoms with Crippen molar-refractivity contribution >= 4 is 41.6 Å². The molecule has 0 saturated heterocycles. The van der Waals surface area contributed by atoms with E-state index in [2.05, 4.69) is 27.2 Å². The average Bonchev–Trinajstić information content (AvgIpc) is 3.07. The third-order valence-corrected chi connectivity index (χ3v) is 4.18. The standard InChI is InChI=1S/C19H21N3O2.HI/c1-24-18(23)15-7-5-13(6-8-15)12-21-19(20)22-17-10-9-14-3-2-4-16(14)11-17;/h5-11H,2-4,12H2,1H3,(H3,20,21,22);1H. The summed E-state index contributed by atoms with van der Waals surface area (Å²) in [5.74, 6) is 0.0350. The van der Waals surface area contributed by atoms with Gasteiger partial charge >= 0.3 is 5.97 Å². The molecule has 25 heavy (non-hydrogen) atoms. The first-order valence-corrected chi connectivity index (χ1v) is 8.02. The molecule has 3 N–H and O–H groups in total. The highest BCUT2D eigenvalue weighted by Gasteiger charge is 2.10. The van der Waals surface area contributed by atoms with Gasteiger partial charge in [-0.05, 0) is 60.2 Å².